The molecule has 0 unspecified atom stereocenters. The van der Waals surface area contributed by atoms with Crippen LogP contribution in [0.1, 0.15) is 60.8 Å². The van der Waals surface area contributed by atoms with Gasteiger partial charge in [-0.1, -0.05) is 5.21 Å². The number of unbranched alkanes of at least 4 members (excludes halogenated alkanes) is 1. The largest absolute Gasteiger partial charge is 0.463 e. The second kappa shape index (κ2) is 10.2. The Hall–Kier alpha value is -3.21. The molecule has 33 heavy (non-hydrogen) atoms. The number of furan rings is 1. The van der Waals surface area contributed by atoms with Gasteiger partial charge in [0.1, 0.15) is 16.9 Å². The van der Waals surface area contributed by atoms with Gasteiger partial charge in [-0.15, -0.1) is 5.10 Å². The van der Waals surface area contributed by atoms with Crippen LogP contribution < -0.4 is 11.1 Å². The van der Waals surface area contributed by atoms with Gasteiger partial charge in [0.25, 0.3) is 0 Å². The third-order valence-electron chi connectivity index (χ3n) is 4.28. The van der Waals surface area contributed by atoms with Crippen molar-refractivity contribution >= 4 is 18.0 Å². The molecule has 11 heteroatoms. The molecule has 0 radical (unpaired) electrons. The SMILES string of the molecule is CC(C)(C)OC(=O)C(N)(CCCCNC(=O)n1cc(-c2ccco2)nn1)C(=O)OC(C)(C)C. The molecule has 1 amide bonds. The van der Waals surface area contributed by atoms with E-state index in [1.165, 1.54) is 12.5 Å². The molecule has 0 atom stereocenters. The van der Waals surface area contributed by atoms with E-state index in [0.29, 0.717) is 24.3 Å². The molecule has 0 saturated heterocycles. The van der Waals surface area contributed by atoms with Gasteiger partial charge in [0.05, 0.1) is 12.5 Å². The fraction of sp³-hybridized carbons (Fsp3) is 0.591. The van der Waals surface area contributed by atoms with Crippen LogP contribution in [0, 0.1) is 0 Å². The maximum absolute atomic E-state index is 12.7. The lowest BCUT2D eigenvalue weighted by molar-refractivity contribution is -0.177. The van der Waals surface area contributed by atoms with Crippen molar-refractivity contribution in [3.05, 3.63) is 24.6 Å². The van der Waals surface area contributed by atoms with Crippen molar-refractivity contribution < 1.29 is 28.3 Å². The third-order valence-corrected chi connectivity index (χ3v) is 4.28. The number of ether oxygens (including phenoxy) is 2. The molecule has 11 nitrogen and oxygen atoms in total. The standard InChI is InChI=1S/C22H33N5O6/c1-20(2,3)32-17(28)22(23,18(29)33-21(4,5)6)11-7-8-12-24-19(30)27-14-15(25-26-27)16-10-9-13-31-16/h9-10,13-14H,7-8,11-12,23H2,1-6H3,(H,24,30). The zero-order valence-electron chi connectivity index (χ0n) is 20.0. The highest BCUT2D eigenvalue weighted by molar-refractivity contribution is 6.04. The van der Waals surface area contributed by atoms with Crippen LogP contribution in [0.4, 0.5) is 4.79 Å². The van der Waals surface area contributed by atoms with Crippen LogP contribution in [0.2, 0.25) is 0 Å². The van der Waals surface area contributed by atoms with E-state index in [4.69, 9.17) is 19.6 Å². The molecule has 0 aliphatic rings. The number of nitrogens with two attached hydrogens (primary N) is 1. The first-order valence-electron chi connectivity index (χ1n) is 10.7. The van der Waals surface area contributed by atoms with Crippen LogP contribution in [0.3, 0.4) is 0 Å². The van der Waals surface area contributed by atoms with Crippen LogP contribution in [0.5, 0.6) is 0 Å². The number of amides is 1. The highest BCUT2D eigenvalue weighted by atomic mass is 16.6. The molecule has 0 spiro atoms. The summed E-state index contributed by atoms with van der Waals surface area (Å²) in [6.45, 7) is 10.4. The molecule has 0 bridgehead atoms. The van der Waals surface area contributed by atoms with Gasteiger partial charge < -0.3 is 24.9 Å². The molecule has 0 fully saturated rings. The summed E-state index contributed by atoms with van der Waals surface area (Å²) in [5, 5.41) is 10.4. The maximum atomic E-state index is 12.7. The number of hydrogen-bond donors (Lipinski definition) is 2. The molecule has 182 valence electrons. The summed E-state index contributed by atoms with van der Waals surface area (Å²) >= 11 is 0. The van der Waals surface area contributed by atoms with Crippen LogP contribution in [0.25, 0.3) is 11.5 Å². The van der Waals surface area contributed by atoms with E-state index in [0.717, 1.165) is 4.68 Å². The summed E-state index contributed by atoms with van der Waals surface area (Å²) in [5.41, 5.74) is 3.06. The Balaban J connectivity index is 1.91. The molecular weight excluding hydrogens is 430 g/mol. The number of aromatic nitrogens is 3. The Morgan fingerprint density at radius 3 is 2.18 bits per heavy atom. The van der Waals surface area contributed by atoms with Gasteiger partial charge in [-0.05, 0) is 72.9 Å². The van der Waals surface area contributed by atoms with Gasteiger partial charge in [0.15, 0.2) is 5.76 Å². The molecule has 2 aromatic rings. The molecule has 0 aliphatic carbocycles. The average Bonchev–Trinajstić information content (AvgIpc) is 3.36. The van der Waals surface area contributed by atoms with Crippen LogP contribution in [-0.4, -0.2) is 56.2 Å². The number of hydrogen-bond acceptors (Lipinski definition) is 9. The van der Waals surface area contributed by atoms with Crippen molar-refractivity contribution in [3.63, 3.8) is 0 Å². The predicted octanol–water partition coefficient (Wildman–Crippen LogP) is 2.65. The average molecular weight is 464 g/mol. The first-order chi connectivity index (χ1) is 15.2. The predicted molar refractivity (Wildman–Crippen MR) is 119 cm³/mol. The Morgan fingerprint density at radius 1 is 1.06 bits per heavy atom. The summed E-state index contributed by atoms with van der Waals surface area (Å²) < 4.78 is 17.0. The number of nitrogens with zero attached hydrogens (tertiary/aromatic N) is 3. The minimum Gasteiger partial charge on any atom is -0.463 e. The highest BCUT2D eigenvalue weighted by Crippen LogP contribution is 2.22. The van der Waals surface area contributed by atoms with Crippen molar-refractivity contribution in [2.45, 2.75) is 77.5 Å². The Bertz CT molecular complexity index is 925. The van der Waals surface area contributed by atoms with Gasteiger partial charge in [-0.3, -0.25) is 0 Å². The lowest BCUT2D eigenvalue weighted by Crippen LogP contribution is -2.59. The number of nitrogens with one attached hydrogen (secondary N) is 1. The fourth-order valence-corrected chi connectivity index (χ4v) is 2.73. The van der Waals surface area contributed by atoms with Gasteiger partial charge >= 0.3 is 18.0 Å². The van der Waals surface area contributed by atoms with E-state index in [9.17, 15) is 14.4 Å². The number of rotatable bonds is 8. The molecule has 2 aromatic heterocycles. The molecule has 3 N–H and O–H groups in total. The lowest BCUT2D eigenvalue weighted by atomic mass is 9.93. The summed E-state index contributed by atoms with van der Waals surface area (Å²) in [6, 6.07) is 2.94. The van der Waals surface area contributed by atoms with Crippen LogP contribution >= 0.6 is 0 Å². The monoisotopic (exact) mass is 463 g/mol. The minimum atomic E-state index is -1.95. The first kappa shape index (κ1) is 26.0. The van der Waals surface area contributed by atoms with Gasteiger partial charge in [0.2, 0.25) is 5.54 Å². The van der Waals surface area contributed by atoms with E-state index in [1.54, 1.807) is 53.7 Å². The van der Waals surface area contributed by atoms with Crippen molar-refractivity contribution in [1.82, 2.24) is 20.3 Å². The topological polar surface area (TPSA) is 152 Å². The van der Waals surface area contributed by atoms with E-state index >= 15 is 0 Å². The maximum Gasteiger partial charge on any atom is 0.343 e. The first-order valence-corrected chi connectivity index (χ1v) is 10.7. The Labute approximate surface area is 193 Å². The van der Waals surface area contributed by atoms with Crippen molar-refractivity contribution in [3.8, 4) is 11.5 Å². The summed E-state index contributed by atoms with van der Waals surface area (Å²) in [6.07, 6.45) is 3.77. The van der Waals surface area contributed by atoms with Crippen molar-refractivity contribution in [1.29, 1.82) is 0 Å². The van der Waals surface area contributed by atoms with Crippen molar-refractivity contribution in [2.75, 3.05) is 6.54 Å². The zero-order valence-corrected chi connectivity index (χ0v) is 20.0. The molecular formula is C22H33N5O6. The summed E-state index contributed by atoms with van der Waals surface area (Å²) in [5.74, 6) is -1.19. The smallest absolute Gasteiger partial charge is 0.343 e. The number of carbonyl (C=O) groups excluding carboxylic acids is 3. The quantitative estimate of drug-likeness (QED) is 0.342. The molecule has 0 saturated carbocycles. The second-order valence-electron chi connectivity index (χ2n) is 9.69. The van der Waals surface area contributed by atoms with E-state index in [1.807, 2.05) is 0 Å². The number of carbonyl (C=O) groups is 3. The highest BCUT2D eigenvalue weighted by Gasteiger charge is 2.47. The second-order valence-corrected chi connectivity index (χ2v) is 9.69. The van der Waals surface area contributed by atoms with E-state index in [2.05, 4.69) is 15.6 Å². The summed E-state index contributed by atoms with van der Waals surface area (Å²) in [4.78, 5) is 37.7. The van der Waals surface area contributed by atoms with Crippen LogP contribution in [0.15, 0.2) is 29.0 Å². The van der Waals surface area contributed by atoms with Gasteiger partial charge in [0, 0.05) is 6.54 Å². The van der Waals surface area contributed by atoms with Gasteiger partial charge in [-0.2, -0.15) is 4.68 Å². The lowest BCUT2D eigenvalue weighted by Gasteiger charge is -2.32. The van der Waals surface area contributed by atoms with Gasteiger partial charge in [-0.25, -0.2) is 14.4 Å². The Kier molecular flexibility index (Phi) is 8.02. The summed E-state index contributed by atoms with van der Waals surface area (Å²) in [7, 11) is 0. The third kappa shape index (κ3) is 7.70. The van der Waals surface area contributed by atoms with E-state index < -0.39 is 34.7 Å². The van der Waals surface area contributed by atoms with Crippen LogP contribution in [-0.2, 0) is 19.1 Å². The molecule has 0 aromatic carbocycles. The zero-order chi connectivity index (χ0) is 24.9. The molecule has 2 rings (SSSR count). The normalized spacial score (nSPS) is 12.3. The Morgan fingerprint density at radius 2 is 1.67 bits per heavy atom. The number of esters is 2. The molecule has 0 aliphatic heterocycles. The van der Waals surface area contributed by atoms with Crippen molar-refractivity contribution in [2.24, 2.45) is 5.73 Å². The molecule has 2 heterocycles. The fourth-order valence-electron chi connectivity index (χ4n) is 2.73. The minimum absolute atomic E-state index is 0.00133. The van der Waals surface area contributed by atoms with E-state index in [-0.39, 0.29) is 13.0 Å².